The van der Waals surface area contributed by atoms with Crippen molar-refractivity contribution in [2.75, 3.05) is 6.61 Å². The fourth-order valence-corrected chi connectivity index (χ4v) is 7.11. The van der Waals surface area contributed by atoms with Crippen LogP contribution in [0.1, 0.15) is 245 Å². The van der Waals surface area contributed by atoms with Crippen LogP contribution in [-0.2, 0) is 19.1 Å². The van der Waals surface area contributed by atoms with Crippen LogP contribution in [0.2, 0.25) is 0 Å². The number of carbonyl (C=O) groups is 2. The molecule has 0 rings (SSSR count). The molecule has 5 heteroatoms. The number of ether oxygens (including phenoxy) is 2. The highest BCUT2D eigenvalue weighted by Gasteiger charge is 2.28. The molecule has 0 radical (unpaired) electrons. The maximum absolute atomic E-state index is 13.2. The SMILES string of the molecule is CCCCC/C=C\C/C=C\CCCCCCCC(=O)OC(OC(CCCCCCCC)CCCCCCCCC)C(CO)CCCCCCCCC=O. The van der Waals surface area contributed by atoms with Gasteiger partial charge in [-0.25, -0.2) is 0 Å². The lowest BCUT2D eigenvalue weighted by molar-refractivity contribution is -0.211. The Morgan fingerprint density at radius 1 is 0.509 bits per heavy atom. The Balaban J connectivity index is 5.01. The summed E-state index contributed by atoms with van der Waals surface area (Å²) < 4.78 is 12.9. The Hall–Kier alpha value is -1.46. The molecule has 0 aliphatic rings. The summed E-state index contributed by atoms with van der Waals surface area (Å²) in [6, 6.07) is 0. The topological polar surface area (TPSA) is 72.8 Å². The van der Waals surface area contributed by atoms with Gasteiger partial charge in [0.1, 0.15) is 6.29 Å². The molecule has 0 spiro atoms. The van der Waals surface area contributed by atoms with E-state index in [2.05, 4.69) is 45.1 Å². The van der Waals surface area contributed by atoms with Gasteiger partial charge in [0.15, 0.2) is 0 Å². The minimum atomic E-state index is -0.673. The van der Waals surface area contributed by atoms with Crippen LogP contribution in [0.5, 0.6) is 0 Å². The molecule has 0 aromatic heterocycles. The molecular weight excluding hydrogens is 657 g/mol. The maximum Gasteiger partial charge on any atom is 0.308 e. The summed E-state index contributed by atoms with van der Waals surface area (Å²) in [6.07, 6.45) is 49.0. The van der Waals surface area contributed by atoms with Crippen LogP contribution in [0.3, 0.4) is 0 Å². The minimum Gasteiger partial charge on any atom is -0.435 e. The number of aldehydes is 1. The van der Waals surface area contributed by atoms with Gasteiger partial charge in [0.25, 0.3) is 0 Å². The van der Waals surface area contributed by atoms with Gasteiger partial charge in [-0.1, -0.05) is 193 Å². The summed E-state index contributed by atoms with van der Waals surface area (Å²) in [6.45, 7) is 6.75. The van der Waals surface area contributed by atoms with Gasteiger partial charge in [-0.3, -0.25) is 4.79 Å². The van der Waals surface area contributed by atoms with Gasteiger partial charge in [0.05, 0.1) is 12.7 Å². The lowest BCUT2D eigenvalue weighted by Crippen LogP contribution is -2.35. The summed E-state index contributed by atoms with van der Waals surface area (Å²) in [5.41, 5.74) is 0. The molecule has 3 atom stereocenters. The zero-order valence-electron chi connectivity index (χ0n) is 35.7. The van der Waals surface area contributed by atoms with Crippen LogP contribution in [0.15, 0.2) is 24.3 Å². The molecule has 0 aromatic carbocycles. The van der Waals surface area contributed by atoms with E-state index < -0.39 is 6.29 Å². The standard InChI is InChI=1S/C48H90O5/c1-4-7-10-13-16-17-18-19-20-21-22-23-27-32-37-42-47(51)53-48(45(44-50)39-34-29-26-24-28-33-38-43-49)52-46(40-35-30-15-12-9-6-3)41-36-31-25-14-11-8-5-2/h16-17,19-20,43,45-46,48,50H,4-15,18,21-42,44H2,1-3H3/b17-16-,20-19-. The molecule has 5 nitrogen and oxygen atoms in total. The van der Waals surface area contributed by atoms with E-state index in [0.29, 0.717) is 12.8 Å². The Morgan fingerprint density at radius 2 is 0.925 bits per heavy atom. The predicted octanol–water partition coefficient (Wildman–Crippen LogP) is 14.9. The molecule has 0 bridgehead atoms. The first-order chi connectivity index (χ1) is 26.1. The normalized spacial score (nSPS) is 13.6. The third kappa shape index (κ3) is 37.2. The second-order valence-corrected chi connectivity index (χ2v) is 15.9. The Morgan fingerprint density at radius 3 is 1.43 bits per heavy atom. The number of aliphatic hydroxyl groups is 1. The van der Waals surface area contributed by atoms with E-state index in [-0.39, 0.29) is 24.6 Å². The number of unbranched alkanes of at least 4 members (excludes halogenated alkanes) is 25. The number of carbonyl (C=O) groups excluding carboxylic acids is 2. The number of hydrogen-bond donors (Lipinski definition) is 1. The summed E-state index contributed by atoms with van der Waals surface area (Å²) >= 11 is 0. The van der Waals surface area contributed by atoms with Gasteiger partial charge in [-0.15, -0.1) is 0 Å². The van der Waals surface area contributed by atoms with E-state index in [0.717, 1.165) is 109 Å². The van der Waals surface area contributed by atoms with Crippen molar-refractivity contribution in [2.45, 2.75) is 258 Å². The highest BCUT2D eigenvalue weighted by molar-refractivity contribution is 5.69. The van der Waals surface area contributed by atoms with Crippen LogP contribution in [0, 0.1) is 5.92 Å². The van der Waals surface area contributed by atoms with Crippen LogP contribution < -0.4 is 0 Å². The fraction of sp³-hybridized carbons (Fsp3) is 0.875. The minimum absolute atomic E-state index is 0.0257. The second kappa shape index (κ2) is 43.3. The highest BCUT2D eigenvalue weighted by atomic mass is 16.7. The van der Waals surface area contributed by atoms with Crippen molar-refractivity contribution in [3.8, 4) is 0 Å². The number of allylic oxidation sites excluding steroid dienone is 4. The summed E-state index contributed by atoms with van der Waals surface area (Å²) in [4.78, 5) is 23.8. The monoisotopic (exact) mass is 747 g/mol. The molecule has 0 aromatic rings. The summed E-state index contributed by atoms with van der Waals surface area (Å²) in [5.74, 6) is -0.372. The lowest BCUT2D eigenvalue weighted by atomic mass is 9.98. The zero-order valence-corrected chi connectivity index (χ0v) is 35.7. The van der Waals surface area contributed by atoms with Crippen molar-refractivity contribution in [1.82, 2.24) is 0 Å². The number of hydrogen-bond acceptors (Lipinski definition) is 5. The largest absolute Gasteiger partial charge is 0.435 e. The molecule has 0 heterocycles. The van der Waals surface area contributed by atoms with E-state index in [1.165, 1.54) is 109 Å². The van der Waals surface area contributed by atoms with Gasteiger partial charge in [0, 0.05) is 18.8 Å². The quantitative estimate of drug-likeness (QED) is 0.0221. The molecule has 0 amide bonds. The van der Waals surface area contributed by atoms with Gasteiger partial charge in [-0.2, -0.15) is 0 Å². The van der Waals surface area contributed by atoms with Gasteiger partial charge in [-0.05, 0) is 64.2 Å². The Bertz CT molecular complexity index is 808. The van der Waals surface area contributed by atoms with Crippen LogP contribution in [-0.4, -0.2) is 36.4 Å². The van der Waals surface area contributed by atoms with E-state index in [4.69, 9.17) is 9.47 Å². The molecule has 312 valence electrons. The number of rotatable bonds is 43. The number of esters is 1. The molecule has 0 aliphatic heterocycles. The Kier molecular flexibility index (Phi) is 42.1. The van der Waals surface area contributed by atoms with Crippen molar-refractivity contribution in [2.24, 2.45) is 5.92 Å². The third-order valence-corrected chi connectivity index (χ3v) is 10.7. The Labute approximate surface area is 330 Å². The van der Waals surface area contributed by atoms with Crippen molar-refractivity contribution in [3.05, 3.63) is 24.3 Å². The highest BCUT2D eigenvalue weighted by Crippen LogP contribution is 2.25. The first-order valence-corrected chi connectivity index (χ1v) is 23.3. The van der Waals surface area contributed by atoms with Crippen molar-refractivity contribution >= 4 is 12.3 Å². The summed E-state index contributed by atoms with van der Waals surface area (Å²) in [7, 11) is 0. The molecular formula is C48H90O5. The number of aliphatic hydroxyl groups excluding tert-OH is 1. The van der Waals surface area contributed by atoms with E-state index in [9.17, 15) is 14.7 Å². The maximum atomic E-state index is 13.2. The summed E-state index contributed by atoms with van der Waals surface area (Å²) in [5, 5.41) is 10.5. The zero-order chi connectivity index (χ0) is 38.7. The molecule has 1 N–H and O–H groups in total. The second-order valence-electron chi connectivity index (χ2n) is 15.9. The van der Waals surface area contributed by atoms with Crippen molar-refractivity contribution in [1.29, 1.82) is 0 Å². The molecule has 0 saturated heterocycles. The van der Waals surface area contributed by atoms with Gasteiger partial charge in [0.2, 0.25) is 6.29 Å². The predicted molar refractivity (Wildman–Crippen MR) is 228 cm³/mol. The molecule has 0 aliphatic carbocycles. The molecule has 3 unspecified atom stereocenters. The van der Waals surface area contributed by atoms with Gasteiger partial charge < -0.3 is 19.4 Å². The first kappa shape index (κ1) is 51.5. The average Bonchev–Trinajstić information content (AvgIpc) is 3.16. The van der Waals surface area contributed by atoms with E-state index >= 15 is 0 Å². The lowest BCUT2D eigenvalue weighted by Gasteiger charge is -2.30. The van der Waals surface area contributed by atoms with E-state index in [1.807, 2.05) is 0 Å². The van der Waals surface area contributed by atoms with Crippen LogP contribution in [0.25, 0.3) is 0 Å². The van der Waals surface area contributed by atoms with Crippen molar-refractivity contribution < 1.29 is 24.2 Å². The van der Waals surface area contributed by atoms with Crippen LogP contribution in [0.4, 0.5) is 0 Å². The average molecular weight is 747 g/mol. The molecule has 53 heavy (non-hydrogen) atoms. The smallest absolute Gasteiger partial charge is 0.308 e. The van der Waals surface area contributed by atoms with Crippen LogP contribution >= 0.6 is 0 Å². The molecule has 0 fully saturated rings. The fourth-order valence-electron chi connectivity index (χ4n) is 7.11. The van der Waals surface area contributed by atoms with Gasteiger partial charge >= 0.3 is 5.97 Å². The first-order valence-electron chi connectivity index (χ1n) is 23.3. The van der Waals surface area contributed by atoms with Crippen molar-refractivity contribution in [3.63, 3.8) is 0 Å². The van der Waals surface area contributed by atoms with E-state index in [1.54, 1.807) is 0 Å². The third-order valence-electron chi connectivity index (χ3n) is 10.7. The molecule has 0 saturated carbocycles.